The van der Waals surface area contributed by atoms with E-state index in [-0.39, 0.29) is 24.5 Å². The van der Waals surface area contributed by atoms with Gasteiger partial charge in [-0.25, -0.2) is 4.79 Å². The van der Waals surface area contributed by atoms with Crippen LogP contribution in [0.1, 0.15) is 46.7 Å². The average molecular weight is 471 g/mol. The third kappa shape index (κ3) is 4.75. The zero-order valence-electron chi connectivity index (χ0n) is 19.1. The molecule has 2 aliphatic rings. The third-order valence-corrected chi connectivity index (χ3v) is 6.85. The van der Waals surface area contributed by atoms with E-state index in [1.54, 1.807) is 24.3 Å². The number of carboxylic acid groups (broad SMARTS) is 1. The lowest BCUT2D eigenvalue weighted by Crippen LogP contribution is -2.33. The highest BCUT2D eigenvalue weighted by Gasteiger charge is 2.31. The zero-order chi connectivity index (χ0) is 24.4. The van der Waals surface area contributed by atoms with Gasteiger partial charge < -0.3 is 15.2 Å². The van der Waals surface area contributed by atoms with Crippen molar-refractivity contribution in [2.45, 2.75) is 31.2 Å². The number of fused-ring (bicyclic) bond motifs is 3. The van der Waals surface area contributed by atoms with Gasteiger partial charge in [0.15, 0.2) is 0 Å². The highest BCUT2D eigenvalue weighted by Crippen LogP contribution is 2.44. The van der Waals surface area contributed by atoms with Crippen LogP contribution in [0.5, 0.6) is 0 Å². The molecule has 7 nitrogen and oxygen atoms in total. The molecule has 0 heterocycles. The highest BCUT2D eigenvalue weighted by molar-refractivity contribution is 5.95. The Balaban J connectivity index is 1.16. The lowest BCUT2D eigenvalue weighted by molar-refractivity contribution is -0.141. The van der Waals surface area contributed by atoms with Gasteiger partial charge in [-0.2, -0.15) is 0 Å². The summed E-state index contributed by atoms with van der Waals surface area (Å²) in [6.07, 6.45) is 1.12. The van der Waals surface area contributed by atoms with Gasteiger partial charge >= 0.3 is 12.1 Å². The van der Waals surface area contributed by atoms with Gasteiger partial charge in [-0.1, -0.05) is 48.5 Å². The standard InChI is InChI=1S/C28H26N2O5/c31-26(29-20-14-11-18(15-20)27(32)33)17-9-12-19(13-10-17)30-28(34)35-16-25-23-7-3-1-5-21(23)22-6-2-4-8-24(22)25/h1-10,12-13,18,20,25H,11,14-16H2,(H,29,31)(H,30,34)(H,32,33)/t18-,20+/m0/s1. The van der Waals surface area contributed by atoms with Crippen molar-refractivity contribution in [3.05, 3.63) is 89.5 Å². The van der Waals surface area contributed by atoms with Crippen LogP contribution in [0.3, 0.4) is 0 Å². The number of amides is 2. The molecule has 1 saturated carbocycles. The average Bonchev–Trinajstić information content (AvgIpc) is 3.46. The van der Waals surface area contributed by atoms with Gasteiger partial charge in [0.2, 0.25) is 0 Å². The van der Waals surface area contributed by atoms with Gasteiger partial charge in [-0.3, -0.25) is 14.9 Å². The zero-order valence-corrected chi connectivity index (χ0v) is 19.1. The minimum atomic E-state index is -0.814. The summed E-state index contributed by atoms with van der Waals surface area (Å²) in [6, 6.07) is 22.7. The quantitative estimate of drug-likeness (QED) is 0.469. The Labute approximate surface area is 203 Å². The molecule has 1 fully saturated rings. The molecule has 0 spiro atoms. The van der Waals surface area contributed by atoms with Crippen molar-refractivity contribution in [2.24, 2.45) is 5.92 Å². The SMILES string of the molecule is O=C(Nc1ccc(C(=O)N[C@@H]2CC[C@H](C(=O)O)C2)cc1)OCC1c2ccccc2-c2ccccc21. The molecule has 3 N–H and O–H groups in total. The lowest BCUT2D eigenvalue weighted by Gasteiger charge is -2.15. The van der Waals surface area contributed by atoms with Crippen molar-refractivity contribution < 1.29 is 24.2 Å². The Morgan fingerprint density at radius 1 is 0.857 bits per heavy atom. The maximum atomic E-state index is 12.5. The largest absolute Gasteiger partial charge is 0.481 e. The molecule has 178 valence electrons. The fourth-order valence-electron chi connectivity index (χ4n) is 5.06. The number of aliphatic carboxylic acids is 1. The van der Waals surface area contributed by atoms with Gasteiger partial charge in [-0.15, -0.1) is 0 Å². The number of rotatable bonds is 6. The molecule has 5 rings (SSSR count). The van der Waals surface area contributed by atoms with Crippen molar-refractivity contribution >= 4 is 23.7 Å². The molecule has 2 amide bonds. The summed E-state index contributed by atoms with van der Waals surface area (Å²) >= 11 is 0. The van der Waals surface area contributed by atoms with E-state index in [0.29, 0.717) is 30.5 Å². The molecular weight excluding hydrogens is 444 g/mol. The van der Waals surface area contributed by atoms with Crippen LogP contribution < -0.4 is 10.6 Å². The first kappa shape index (κ1) is 22.7. The molecule has 7 heteroatoms. The Hall–Kier alpha value is -4.13. The number of hydrogen-bond acceptors (Lipinski definition) is 4. The number of hydrogen-bond donors (Lipinski definition) is 3. The Morgan fingerprint density at radius 2 is 1.49 bits per heavy atom. The summed E-state index contributed by atoms with van der Waals surface area (Å²) < 4.78 is 5.56. The van der Waals surface area contributed by atoms with Crippen molar-refractivity contribution in [1.82, 2.24) is 5.32 Å². The summed E-state index contributed by atoms with van der Waals surface area (Å²) in [5, 5.41) is 14.7. The third-order valence-electron chi connectivity index (χ3n) is 6.85. The van der Waals surface area contributed by atoms with E-state index >= 15 is 0 Å². The molecule has 0 radical (unpaired) electrons. The second kappa shape index (κ2) is 9.62. The molecule has 2 atom stereocenters. The highest BCUT2D eigenvalue weighted by atomic mass is 16.5. The minimum absolute atomic E-state index is 0.0180. The van der Waals surface area contributed by atoms with E-state index in [0.717, 1.165) is 11.1 Å². The van der Waals surface area contributed by atoms with Gasteiger partial charge in [0.1, 0.15) is 6.61 Å². The normalized spacial score (nSPS) is 18.4. The van der Waals surface area contributed by atoms with Gasteiger partial charge in [0.25, 0.3) is 5.91 Å². The lowest BCUT2D eigenvalue weighted by atomic mass is 9.98. The van der Waals surface area contributed by atoms with Crippen LogP contribution in [-0.4, -0.2) is 35.7 Å². The molecule has 0 unspecified atom stereocenters. The number of anilines is 1. The number of carbonyl (C=O) groups excluding carboxylic acids is 2. The smallest absolute Gasteiger partial charge is 0.411 e. The maximum Gasteiger partial charge on any atom is 0.411 e. The van der Waals surface area contributed by atoms with Crippen molar-refractivity contribution in [3.8, 4) is 11.1 Å². The van der Waals surface area contributed by atoms with E-state index in [9.17, 15) is 14.4 Å². The number of benzene rings is 3. The summed E-state index contributed by atoms with van der Waals surface area (Å²) in [6.45, 7) is 0.221. The van der Waals surface area contributed by atoms with Crippen LogP contribution in [0.25, 0.3) is 11.1 Å². The molecule has 35 heavy (non-hydrogen) atoms. The first-order chi connectivity index (χ1) is 17.0. The fourth-order valence-corrected chi connectivity index (χ4v) is 5.06. The number of carbonyl (C=O) groups is 3. The molecular formula is C28H26N2O5. The molecule has 2 aliphatic carbocycles. The summed E-state index contributed by atoms with van der Waals surface area (Å²) in [7, 11) is 0. The van der Waals surface area contributed by atoms with E-state index in [1.807, 2.05) is 24.3 Å². The van der Waals surface area contributed by atoms with Crippen molar-refractivity contribution in [2.75, 3.05) is 11.9 Å². The number of carboxylic acids is 1. The molecule has 0 saturated heterocycles. The fraction of sp³-hybridized carbons (Fsp3) is 0.250. The van der Waals surface area contributed by atoms with E-state index in [2.05, 4.69) is 34.9 Å². The van der Waals surface area contributed by atoms with E-state index in [1.165, 1.54) is 11.1 Å². The molecule has 0 bridgehead atoms. The van der Waals surface area contributed by atoms with Crippen LogP contribution in [0.4, 0.5) is 10.5 Å². The van der Waals surface area contributed by atoms with Crippen molar-refractivity contribution in [1.29, 1.82) is 0 Å². The van der Waals surface area contributed by atoms with Crippen LogP contribution in [0, 0.1) is 5.92 Å². The van der Waals surface area contributed by atoms with Gasteiger partial charge in [0, 0.05) is 23.2 Å². The summed E-state index contributed by atoms with van der Waals surface area (Å²) in [4.78, 5) is 36.1. The van der Waals surface area contributed by atoms with Crippen molar-refractivity contribution in [3.63, 3.8) is 0 Å². The number of ether oxygens (including phenoxy) is 1. The summed E-state index contributed by atoms with van der Waals surface area (Å²) in [5.74, 6) is -1.49. The first-order valence-electron chi connectivity index (χ1n) is 11.8. The van der Waals surface area contributed by atoms with Crippen LogP contribution >= 0.6 is 0 Å². The molecule has 3 aromatic rings. The van der Waals surface area contributed by atoms with Crippen LogP contribution in [0.2, 0.25) is 0 Å². The Morgan fingerprint density at radius 3 is 2.09 bits per heavy atom. The monoisotopic (exact) mass is 470 g/mol. The minimum Gasteiger partial charge on any atom is -0.481 e. The topological polar surface area (TPSA) is 105 Å². The number of nitrogens with one attached hydrogen (secondary N) is 2. The maximum absolute atomic E-state index is 12.5. The van der Waals surface area contributed by atoms with E-state index in [4.69, 9.17) is 9.84 Å². The Kier molecular flexibility index (Phi) is 6.23. The predicted molar refractivity (Wildman–Crippen MR) is 131 cm³/mol. The first-order valence-corrected chi connectivity index (χ1v) is 11.8. The van der Waals surface area contributed by atoms with Crippen LogP contribution in [0.15, 0.2) is 72.8 Å². The predicted octanol–water partition coefficient (Wildman–Crippen LogP) is 5.03. The van der Waals surface area contributed by atoms with E-state index < -0.39 is 18.0 Å². The molecule has 0 aromatic heterocycles. The second-order valence-electron chi connectivity index (χ2n) is 9.05. The van der Waals surface area contributed by atoms with Gasteiger partial charge in [0.05, 0.1) is 5.92 Å². The van der Waals surface area contributed by atoms with Crippen LogP contribution in [-0.2, 0) is 9.53 Å². The summed E-state index contributed by atoms with van der Waals surface area (Å²) in [5.41, 5.74) is 5.60. The van der Waals surface area contributed by atoms with Gasteiger partial charge in [-0.05, 0) is 65.8 Å². The second-order valence-corrected chi connectivity index (χ2v) is 9.05. The Bertz CT molecular complexity index is 1220. The molecule has 3 aromatic carbocycles. The molecule has 0 aliphatic heterocycles.